The summed E-state index contributed by atoms with van der Waals surface area (Å²) in [6.45, 7) is -0.432. The van der Waals surface area contributed by atoms with Crippen molar-refractivity contribution in [2.45, 2.75) is 25.3 Å². The molecule has 0 atom stereocenters. The summed E-state index contributed by atoms with van der Waals surface area (Å²) in [5, 5.41) is 2.33. The van der Waals surface area contributed by atoms with Crippen molar-refractivity contribution < 1.29 is 31.1 Å². The van der Waals surface area contributed by atoms with Gasteiger partial charge in [-0.3, -0.25) is 4.79 Å². The van der Waals surface area contributed by atoms with Crippen LogP contribution in [0.1, 0.15) is 22.3 Å². The van der Waals surface area contributed by atoms with Crippen LogP contribution in [-0.4, -0.2) is 5.91 Å². The van der Waals surface area contributed by atoms with E-state index in [9.17, 15) is 31.1 Å². The van der Waals surface area contributed by atoms with Gasteiger partial charge in [0.15, 0.2) is 0 Å². The van der Waals surface area contributed by atoms with Crippen LogP contribution in [0.3, 0.4) is 0 Å². The first-order valence-corrected chi connectivity index (χ1v) is 7.14. The lowest BCUT2D eigenvalue weighted by Crippen LogP contribution is -2.25. The summed E-state index contributed by atoms with van der Waals surface area (Å²) in [4.78, 5) is 11.8. The number of carbonyl (C=O) groups is 1. The summed E-state index contributed by atoms with van der Waals surface area (Å²) >= 11 is 0. The van der Waals surface area contributed by atoms with Crippen LogP contribution in [0.15, 0.2) is 48.5 Å². The van der Waals surface area contributed by atoms with E-state index in [2.05, 4.69) is 5.32 Å². The van der Waals surface area contributed by atoms with Gasteiger partial charge >= 0.3 is 12.4 Å². The van der Waals surface area contributed by atoms with E-state index in [4.69, 9.17) is 0 Å². The predicted molar refractivity (Wildman–Crippen MR) is 78.4 cm³/mol. The maximum atomic E-state index is 12.8. The molecule has 0 heterocycles. The fourth-order valence-corrected chi connectivity index (χ4v) is 2.17. The van der Waals surface area contributed by atoms with E-state index in [1.54, 1.807) is 30.3 Å². The van der Waals surface area contributed by atoms with E-state index in [1.807, 2.05) is 0 Å². The standard InChI is InChI=1S/C17H13F6NO/c18-16(19,20)13-6-12(7-14(9-13)17(21,22)23)10-24-15(25)8-11-4-2-1-3-5-11/h1-7,9H,8,10H2,(H,24,25). The molecule has 0 unspecified atom stereocenters. The van der Waals surface area contributed by atoms with Gasteiger partial charge in [-0.1, -0.05) is 30.3 Å². The second kappa shape index (κ2) is 7.16. The van der Waals surface area contributed by atoms with Crippen molar-refractivity contribution in [3.05, 3.63) is 70.8 Å². The van der Waals surface area contributed by atoms with Crippen LogP contribution in [0.5, 0.6) is 0 Å². The molecule has 0 aliphatic rings. The van der Waals surface area contributed by atoms with Crippen LogP contribution in [0.4, 0.5) is 26.3 Å². The summed E-state index contributed by atoms with van der Waals surface area (Å²) in [5.74, 6) is -0.503. The minimum absolute atomic E-state index is 0.0219. The Morgan fingerprint density at radius 3 is 1.80 bits per heavy atom. The molecule has 8 heteroatoms. The van der Waals surface area contributed by atoms with E-state index in [0.29, 0.717) is 17.7 Å². The molecule has 25 heavy (non-hydrogen) atoms. The topological polar surface area (TPSA) is 29.1 Å². The van der Waals surface area contributed by atoms with Gasteiger partial charge in [0.1, 0.15) is 0 Å². The number of halogens is 6. The SMILES string of the molecule is O=C(Cc1ccccc1)NCc1cc(C(F)(F)F)cc(C(F)(F)F)c1. The minimum atomic E-state index is -4.91. The zero-order valence-corrected chi connectivity index (χ0v) is 12.7. The van der Waals surface area contributed by atoms with Gasteiger partial charge in [0.25, 0.3) is 0 Å². The van der Waals surface area contributed by atoms with Crippen LogP contribution >= 0.6 is 0 Å². The molecule has 2 aromatic rings. The molecule has 0 spiro atoms. The van der Waals surface area contributed by atoms with E-state index >= 15 is 0 Å². The van der Waals surface area contributed by atoms with Crippen molar-refractivity contribution >= 4 is 5.91 Å². The van der Waals surface area contributed by atoms with Gasteiger partial charge in [0.05, 0.1) is 17.5 Å². The number of rotatable bonds is 4. The molecule has 0 aliphatic heterocycles. The van der Waals surface area contributed by atoms with Crippen molar-refractivity contribution in [1.82, 2.24) is 5.32 Å². The third-order valence-corrected chi connectivity index (χ3v) is 3.34. The molecule has 0 saturated carbocycles. The molecular weight excluding hydrogens is 348 g/mol. The quantitative estimate of drug-likeness (QED) is 0.794. The van der Waals surface area contributed by atoms with Crippen molar-refractivity contribution in [2.24, 2.45) is 0 Å². The summed E-state index contributed by atoms with van der Waals surface area (Å²) in [5.41, 5.74) is -2.41. The maximum Gasteiger partial charge on any atom is 0.416 e. The Morgan fingerprint density at radius 1 is 0.800 bits per heavy atom. The molecule has 0 aliphatic carbocycles. The van der Waals surface area contributed by atoms with Crippen molar-refractivity contribution in [3.63, 3.8) is 0 Å². The van der Waals surface area contributed by atoms with Gasteiger partial charge in [-0.05, 0) is 29.3 Å². The lowest BCUT2D eigenvalue weighted by molar-refractivity contribution is -0.143. The molecule has 134 valence electrons. The lowest BCUT2D eigenvalue weighted by atomic mass is 10.0. The zero-order valence-electron chi connectivity index (χ0n) is 12.7. The number of hydrogen-bond donors (Lipinski definition) is 1. The highest BCUT2D eigenvalue weighted by Crippen LogP contribution is 2.36. The van der Waals surface area contributed by atoms with Crippen molar-refractivity contribution in [1.29, 1.82) is 0 Å². The van der Waals surface area contributed by atoms with E-state index < -0.39 is 35.9 Å². The van der Waals surface area contributed by atoms with Crippen molar-refractivity contribution in [2.75, 3.05) is 0 Å². The Hall–Kier alpha value is -2.51. The molecule has 0 bridgehead atoms. The van der Waals surface area contributed by atoms with E-state index in [0.717, 1.165) is 0 Å². The number of carbonyl (C=O) groups excluding carboxylic acids is 1. The van der Waals surface area contributed by atoms with E-state index in [-0.39, 0.29) is 18.1 Å². The number of benzene rings is 2. The third kappa shape index (κ3) is 5.51. The molecule has 2 aromatic carbocycles. The molecule has 0 saturated heterocycles. The van der Waals surface area contributed by atoms with Gasteiger partial charge in [0.2, 0.25) is 5.91 Å². The normalized spacial score (nSPS) is 12.1. The number of alkyl halides is 6. The monoisotopic (exact) mass is 361 g/mol. The molecule has 2 nitrogen and oxygen atoms in total. The second-order valence-electron chi connectivity index (χ2n) is 5.35. The molecule has 0 aromatic heterocycles. The van der Waals surface area contributed by atoms with Crippen LogP contribution < -0.4 is 5.32 Å². The summed E-state index contributed by atoms with van der Waals surface area (Å²) < 4.78 is 76.6. The summed E-state index contributed by atoms with van der Waals surface area (Å²) in [6, 6.07) is 9.79. The van der Waals surface area contributed by atoms with Gasteiger partial charge in [-0.15, -0.1) is 0 Å². The van der Waals surface area contributed by atoms with Crippen LogP contribution in [-0.2, 0) is 30.1 Å². The molecule has 0 fully saturated rings. The molecule has 1 N–H and O–H groups in total. The molecule has 1 amide bonds. The average molecular weight is 361 g/mol. The van der Waals surface area contributed by atoms with Gasteiger partial charge in [0, 0.05) is 6.54 Å². The first-order chi connectivity index (χ1) is 11.6. The van der Waals surface area contributed by atoms with E-state index in [1.165, 1.54) is 0 Å². The minimum Gasteiger partial charge on any atom is -0.352 e. The van der Waals surface area contributed by atoms with Crippen molar-refractivity contribution in [3.8, 4) is 0 Å². The predicted octanol–water partition coefficient (Wildman–Crippen LogP) is 4.58. The fraction of sp³-hybridized carbons (Fsp3) is 0.235. The Balaban J connectivity index is 2.14. The summed E-state index contributed by atoms with van der Waals surface area (Å²) in [6.07, 6.45) is -9.85. The Morgan fingerprint density at radius 2 is 1.32 bits per heavy atom. The highest BCUT2D eigenvalue weighted by molar-refractivity contribution is 5.78. The third-order valence-electron chi connectivity index (χ3n) is 3.34. The summed E-state index contributed by atoms with van der Waals surface area (Å²) in [7, 11) is 0. The highest BCUT2D eigenvalue weighted by atomic mass is 19.4. The van der Waals surface area contributed by atoms with Crippen LogP contribution in [0.2, 0.25) is 0 Å². The smallest absolute Gasteiger partial charge is 0.352 e. The largest absolute Gasteiger partial charge is 0.416 e. The second-order valence-corrected chi connectivity index (χ2v) is 5.35. The lowest BCUT2D eigenvalue weighted by Gasteiger charge is -2.14. The Labute approximate surface area is 139 Å². The fourth-order valence-electron chi connectivity index (χ4n) is 2.17. The maximum absolute atomic E-state index is 12.8. The van der Waals surface area contributed by atoms with Crippen LogP contribution in [0, 0.1) is 0 Å². The number of nitrogens with one attached hydrogen (secondary N) is 1. The van der Waals surface area contributed by atoms with Gasteiger partial charge < -0.3 is 5.32 Å². The first kappa shape index (κ1) is 18.8. The zero-order chi connectivity index (χ0) is 18.7. The molecular formula is C17H13F6NO. The van der Waals surface area contributed by atoms with Gasteiger partial charge in [-0.25, -0.2) is 0 Å². The highest BCUT2D eigenvalue weighted by Gasteiger charge is 2.36. The Kier molecular flexibility index (Phi) is 5.39. The van der Waals surface area contributed by atoms with Gasteiger partial charge in [-0.2, -0.15) is 26.3 Å². The molecule has 0 radical (unpaired) electrons. The number of hydrogen-bond acceptors (Lipinski definition) is 1. The molecule has 2 rings (SSSR count). The average Bonchev–Trinajstić information content (AvgIpc) is 2.52. The number of amides is 1. The van der Waals surface area contributed by atoms with Crippen LogP contribution in [0.25, 0.3) is 0 Å². The Bertz CT molecular complexity index is 705. The first-order valence-electron chi connectivity index (χ1n) is 7.14.